The van der Waals surface area contributed by atoms with Gasteiger partial charge in [-0.2, -0.15) is 0 Å². The van der Waals surface area contributed by atoms with Gasteiger partial charge < -0.3 is 0 Å². The molecule has 0 radical (unpaired) electrons. The van der Waals surface area contributed by atoms with Gasteiger partial charge in [0.1, 0.15) is 0 Å². The summed E-state index contributed by atoms with van der Waals surface area (Å²) < 4.78 is 0. The van der Waals surface area contributed by atoms with E-state index in [1.54, 1.807) is 12.4 Å². The molecule has 1 heteroatoms. The zero-order chi connectivity index (χ0) is 13.8. The number of aromatic nitrogens is 1. The summed E-state index contributed by atoms with van der Waals surface area (Å²) in [5, 5.41) is 0. The molecule has 1 nitrogen and oxygen atoms in total. The molecule has 0 spiro atoms. The molecular weight excluding hydrogens is 242 g/mol. The van der Waals surface area contributed by atoms with Gasteiger partial charge in [0.2, 0.25) is 0 Å². The third-order valence-corrected chi connectivity index (χ3v) is 3.47. The van der Waals surface area contributed by atoms with Crippen LogP contribution in [0.4, 0.5) is 0 Å². The first-order chi connectivity index (χ1) is 9.84. The van der Waals surface area contributed by atoms with E-state index in [9.17, 15) is 0 Å². The van der Waals surface area contributed by atoms with E-state index in [0.717, 1.165) is 6.42 Å². The van der Waals surface area contributed by atoms with Crippen molar-refractivity contribution in [2.75, 3.05) is 0 Å². The highest BCUT2D eigenvalue weighted by molar-refractivity contribution is 5.89. The quantitative estimate of drug-likeness (QED) is 0.510. The van der Waals surface area contributed by atoms with E-state index in [1.807, 2.05) is 19.1 Å². The van der Waals surface area contributed by atoms with Crippen LogP contribution in [0.1, 0.15) is 16.7 Å². The molecule has 0 bridgehead atoms. The Morgan fingerprint density at radius 2 is 1.40 bits per heavy atom. The van der Waals surface area contributed by atoms with Gasteiger partial charge in [-0.25, -0.2) is 0 Å². The smallest absolute Gasteiger partial charge is 0.0270 e. The van der Waals surface area contributed by atoms with Crippen LogP contribution in [-0.2, 0) is 6.42 Å². The highest BCUT2D eigenvalue weighted by Crippen LogP contribution is 2.43. The van der Waals surface area contributed by atoms with Gasteiger partial charge in [0.25, 0.3) is 0 Å². The van der Waals surface area contributed by atoms with Crippen LogP contribution in [0, 0.1) is 6.92 Å². The summed E-state index contributed by atoms with van der Waals surface area (Å²) in [5.41, 5.74) is 7.16. The number of rotatable bonds is 2. The Labute approximate surface area is 119 Å². The lowest BCUT2D eigenvalue weighted by molar-refractivity contribution is 1.25. The van der Waals surface area contributed by atoms with E-state index >= 15 is 0 Å². The van der Waals surface area contributed by atoms with E-state index in [0.29, 0.717) is 0 Å². The molecule has 0 N–H and O–H groups in total. The van der Waals surface area contributed by atoms with Crippen molar-refractivity contribution >= 4 is 0 Å². The SMILES string of the molecule is Cc1ccncc1.c1ccc(Cc2c3cccc2-3)cc1. The zero-order valence-electron chi connectivity index (χ0n) is 11.6. The van der Waals surface area contributed by atoms with Crippen LogP contribution in [0.5, 0.6) is 0 Å². The first-order valence-electron chi connectivity index (χ1n) is 6.87. The number of fused-ring (bicyclic) bond motifs is 1. The van der Waals surface area contributed by atoms with Crippen molar-refractivity contribution in [3.63, 3.8) is 0 Å². The van der Waals surface area contributed by atoms with Crippen LogP contribution in [0.3, 0.4) is 0 Å². The van der Waals surface area contributed by atoms with E-state index < -0.39 is 0 Å². The van der Waals surface area contributed by atoms with Gasteiger partial charge in [0, 0.05) is 12.4 Å². The van der Waals surface area contributed by atoms with Gasteiger partial charge in [-0.05, 0) is 53.3 Å². The minimum absolute atomic E-state index is 1.10. The second-order valence-electron chi connectivity index (χ2n) is 5.02. The van der Waals surface area contributed by atoms with Crippen molar-refractivity contribution in [1.82, 2.24) is 4.98 Å². The second-order valence-corrected chi connectivity index (χ2v) is 5.02. The van der Waals surface area contributed by atoms with Gasteiger partial charge in [0.05, 0.1) is 0 Å². The van der Waals surface area contributed by atoms with Crippen LogP contribution in [0.15, 0.2) is 73.1 Å². The Balaban J connectivity index is 0.000000147. The van der Waals surface area contributed by atoms with Gasteiger partial charge in [-0.3, -0.25) is 4.98 Å². The molecule has 2 aliphatic rings. The molecule has 2 aromatic rings. The lowest BCUT2D eigenvalue weighted by Gasteiger charge is -1.93. The molecule has 0 atom stereocenters. The van der Waals surface area contributed by atoms with Crippen LogP contribution < -0.4 is 0 Å². The summed E-state index contributed by atoms with van der Waals surface area (Å²) in [6.07, 6.45) is 4.68. The first kappa shape index (κ1) is 12.6. The Bertz CT molecular complexity index is 667. The molecular formula is C19H17N. The standard InChI is InChI=1S/C13H10.C6H7N/c1-2-5-10(6-3-1)9-13-11-7-4-8-12(11)13;1-6-2-4-7-5-3-6/h1-8H,9H2;2-5H,1H3. The van der Waals surface area contributed by atoms with Gasteiger partial charge in [0.15, 0.2) is 0 Å². The molecule has 1 heterocycles. The summed E-state index contributed by atoms with van der Waals surface area (Å²) in [5.74, 6) is 0. The predicted octanol–water partition coefficient (Wildman–Crippen LogP) is 4.65. The molecule has 1 aromatic heterocycles. The zero-order valence-corrected chi connectivity index (χ0v) is 11.6. The fourth-order valence-electron chi connectivity index (χ4n) is 2.30. The number of nitrogens with zero attached hydrogens (tertiary/aromatic N) is 1. The van der Waals surface area contributed by atoms with Crippen molar-refractivity contribution in [2.45, 2.75) is 13.3 Å². The fraction of sp³-hybridized carbons (Fsp3) is 0.105. The molecule has 4 rings (SSSR count). The maximum atomic E-state index is 3.85. The Hall–Kier alpha value is -2.41. The third kappa shape index (κ3) is 2.94. The molecule has 0 amide bonds. The highest BCUT2D eigenvalue weighted by Gasteiger charge is 2.22. The van der Waals surface area contributed by atoms with Crippen molar-refractivity contribution < 1.29 is 0 Å². The molecule has 1 aromatic carbocycles. The molecule has 0 saturated heterocycles. The first-order valence-corrected chi connectivity index (χ1v) is 6.87. The van der Waals surface area contributed by atoms with Crippen LogP contribution in [-0.4, -0.2) is 4.98 Å². The molecule has 0 saturated carbocycles. The number of aryl methyl sites for hydroxylation is 1. The van der Waals surface area contributed by atoms with Gasteiger partial charge in [-0.15, -0.1) is 0 Å². The monoisotopic (exact) mass is 259 g/mol. The lowest BCUT2D eigenvalue weighted by Crippen LogP contribution is -1.79. The summed E-state index contributed by atoms with van der Waals surface area (Å²) in [4.78, 5) is 3.85. The lowest BCUT2D eigenvalue weighted by atomic mass is 10.1. The van der Waals surface area contributed by atoms with Crippen LogP contribution in [0.25, 0.3) is 11.1 Å². The van der Waals surface area contributed by atoms with Gasteiger partial charge >= 0.3 is 0 Å². The molecule has 0 unspecified atom stereocenters. The van der Waals surface area contributed by atoms with E-state index in [2.05, 4.69) is 53.5 Å². The molecule has 20 heavy (non-hydrogen) atoms. The molecule has 0 aliphatic heterocycles. The van der Waals surface area contributed by atoms with E-state index in [-0.39, 0.29) is 0 Å². The van der Waals surface area contributed by atoms with Crippen molar-refractivity contribution in [2.24, 2.45) is 0 Å². The Morgan fingerprint density at radius 1 is 0.750 bits per heavy atom. The maximum Gasteiger partial charge on any atom is 0.0270 e. The van der Waals surface area contributed by atoms with Gasteiger partial charge in [-0.1, -0.05) is 48.5 Å². The van der Waals surface area contributed by atoms with Crippen molar-refractivity contribution in [1.29, 1.82) is 0 Å². The molecule has 98 valence electrons. The summed E-state index contributed by atoms with van der Waals surface area (Å²) >= 11 is 0. The summed E-state index contributed by atoms with van der Waals surface area (Å²) in [6, 6.07) is 21.1. The highest BCUT2D eigenvalue weighted by atomic mass is 14.6. The van der Waals surface area contributed by atoms with Crippen molar-refractivity contribution in [3.05, 3.63) is 89.7 Å². The van der Waals surface area contributed by atoms with Crippen molar-refractivity contribution in [3.8, 4) is 11.1 Å². The predicted molar refractivity (Wildman–Crippen MR) is 83.7 cm³/mol. The van der Waals surface area contributed by atoms with E-state index in [1.165, 1.54) is 27.8 Å². The summed E-state index contributed by atoms with van der Waals surface area (Å²) in [7, 11) is 0. The topological polar surface area (TPSA) is 12.9 Å². The van der Waals surface area contributed by atoms with E-state index in [4.69, 9.17) is 0 Å². The normalized spacial score (nSPS) is 10.4. The molecule has 2 aliphatic carbocycles. The van der Waals surface area contributed by atoms with Crippen LogP contribution >= 0.6 is 0 Å². The average molecular weight is 259 g/mol. The number of benzene rings is 2. The van der Waals surface area contributed by atoms with Crippen LogP contribution in [0.2, 0.25) is 0 Å². The number of pyridine rings is 1. The average Bonchev–Trinajstić information content (AvgIpc) is 2.92. The third-order valence-electron chi connectivity index (χ3n) is 3.47. The summed E-state index contributed by atoms with van der Waals surface area (Å²) in [6.45, 7) is 2.04. The number of hydrogen-bond donors (Lipinski definition) is 0. The maximum absolute atomic E-state index is 3.85. The minimum atomic E-state index is 1.10. The fourth-order valence-corrected chi connectivity index (χ4v) is 2.30. The number of hydrogen-bond acceptors (Lipinski definition) is 1. The Morgan fingerprint density at radius 3 is 1.95 bits per heavy atom. The molecule has 0 fully saturated rings. The Kier molecular flexibility index (Phi) is 3.60. The largest absolute Gasteiger partial charge is 0.265 e. The minimum Gasteiger partial charge on any atom is -0.265 e. The second kappa shape index (κ2) is 5.70.